The predicted octanol–water partition coefficient (Wildman–Crippen LogP) is 0.125. The summed E-state index contributed by atoms with van der Waals surface area (Å²) in [5.74, 6) is 0.907. The van der Waals surface area contributed by atoms with Crippen LogP contribution in [-0.2, 0) is 13.0 Å². The maximum absolute atomic E-state index is 8.73. The van der Waals surface area contributed by atoms with E-state index in [0.29, 0.717) is 24.7 Å². The van der Waals surface area contributed by atoms with Crippen LogP contribution in [0.4, 0.5) is 0 Å². The maximum atomic E-state index is 8.73. The Labute approximate surface area is 92.1 Å². The Hall–Kier alpha value is -1.79. The molecule has 16 heavy (non-hydrogen) atoms. The standard InChI is InChI=1S/C10H12N4O2/c11-6-8-5-7(1-3-12-8)10-13-9(2-4-15)14-16-10/h1,3,5,15H,2,4,6,11H2. The van der Waals surface area contributed by atoms with Gasteiger partial charge < -0.3 is 15.4 Å². The van der Waals surface area contributed by atoms with E-state index in [2.05, 4.69) is 15.1 Å². The first-order valence-corrected chi connectivity index (χ1v) is 4.92. The van der Waals surface area contributed by atoms with Gasteiger partial charge in [0.15, 0.2) is 5.82 Å². The molecule has 0 amide bonds. The number of hydrogen-bond donors (Lipinski definition) is 2. The van der Waals surface area contributed by atoms with E-state index in [4.69, 9.17) is 15.4 Å². The number of nitrogens with two attached hydrogens (primary N) is 1. The summed E-state index contributed by atoms with van der Waals surface area (Å²) in [6.07, 6.45) is 2.03. The molecule has 3 N–H and O–H groups in total. The highest BCUT2D eigenvalue weighted by molar-refractivity contribution is 5.52. The van der Waals surface area contributed by atoms with E-state index in [1.807, 2.05) is 0 Å². The highest BCUT2D eigenvalue weighted by Gasteiger charge is 2.08. The number of hydrogen-bond acceptors (Lipinski definition) is 6. The average molecular weight is 220 g/mol. The van der Waals surface area contributed by atoms with Crippen molar-refractivity contribution in [1.29, 1.82) is 0 Å². The Balaban J connectivity index is 2.27. The Morgan fingerprint density at radius 3 is 3.06 bits per heavy atom. The Bertz CT molecular complexity index is 469. The molecule has 0 atom stereocenters. The van der Waals surface area contributed by atoms with Gasteiger partial charge in [0, 0.05) is 24.7 Å². The summed E-state index contributed by atoms with van der Waals surface area (Å²) in [4.78, 5) is 8.21. The van der Waals surface area contributed by atoms with Gasteiger partial charge in [-0.15, -0.1) is 0 Å². The van der Waals surface area contributed by atoms with E-state index in [9.17, 15) is 0 Å². The molecule has 0 aromatic carbocycles. The molecule has 0 saturated carbocycles. The molecule has 2 heterocycles. The second-order valence-corrected chi connectivity index (χ2v) is 3.23. The Morgan fingerprint density at radius 2 is 2.31 bits per heavy atom. The molecule has 0 unspecified atom stereocenters. The zero-order valence-corrected chi connectivity index (χ0v) is 8.63. The summed E-state index contributed by atoms with van der Waals surface area (Å²) in [5.41, 5.74) is 7.04. The molecular formula is C10H12N4O2. The van der Waals surface area contributed by atoms with Gasteiger partial charge in [-0.2, -0.15) is 4.98 Å². The van der Waals surface area contributed by atoms with E-state index in [1.54, 1.807) is 18.3 Å². The summed E-state index contributed by atoms with van der Waals surface area (Å²) >= 11 is 0. The van der Waals surface area contributed by atoms with Gasteiger partial charge in [0.25, 0.3) is 5.89 Å². The summed E-state index contributed by atoms with van der Waals surface area (Å²) < 4.78 is 5.06. The predicted molar refractivity (Wildman–Crippen MR) is 56.2 cm³/mol. The van der Waals surface area contributed by atoms with Crippen molar-refractivity contribution in [3.8, 4) is 11.5 Å². The van der Waals surface area contributed by atoms with Crippen molar-refractivity contribution in [2.45, 2.75) is 13.0 Å². The second-order valence-electron chi connectivity index (χ2n) is 3.23. The highest BCUT2D eigenvalue weighted by Crippen LogP contribution is 2.17. The van der Waals surface area contributed by atoms with Gasteiger partial charge in [0.05, 0.1) is 12.3 Å². The molecule has 0 aliphatic heterocycles. The molecule has 0 saturated heterocycles. The monoisotopic (exact) mass is 220 g/mol. The van der Waals surface area contributed by atoms with Crippen LogP contribution in [0.25, 0.3) is 11.5 Å². The van der Waals surface area contributed by atoms with Gasteiger partial charge in [-0.05, 0) is 12.1 Å². The summed E-state index contributed by atoms with van der Waals surface area (Å²) in [6.45, 7) is 0.370. The average Bonchev–Trinajstić information content (AvgIpc) is 2.78. The topological polar surface area (TPSA) is 98.1 Å². The van der Waals surface area contributed by atoms with Crippen LogP contribution in [0.3, 0.4) is 0 Å². The fourth-order valence-corrected chi connectivity index (χ4v) is 1.30. The molecule has 0 spiro atoms. The van der Waals surface area contributed by atoms with Crippen LogP contribution in [0.1, 0.15) is 11.5 Å². The maximum Gasteiger partial charge on any atom is 0.258 e. The lowest BCUT2D eigenvalue weighted by atomic mass is 10.2. The SMILES string of the molecule is NCc1cc(-c2nc(CCO)no2)ccn1. The lowest BCUT2D eigenvalue weighted by Crippen LogP contribution is -1.99. The zero-order valence-electron chi connectivity index (χ0n) is 8.63. The first-order valence-electron chi connectivity index (χ1n) is 4.92. The van der Waals surface area contributed by atoms with Crippen LogP contribution in [-0.4, -0.2) is 26.8 Å². The molecule has 6 heteroatoms. The molecule has 0 aliphatic rings. The molecule has 2 aromatic heterocycles. The number of pyridine rings is 1. The first-order chi connectivity index (χ1) is 7.83. The summed E-state index contributed by atoms with van der Waals surface area (Å²) in [6, 6.07) is 3.58. The molecular weight excluding hydrogens is 208 g/mol. The van der Waals surface area contributed by atoms with E-state index >= 15 is 0 Å². The van der Waals surface area contributed by atoms with Crippen molar-refractivity contribution in [3.05, 3.63) is 29.8 Å². The largest absolute Gasteiger partial charge is 0.396 e. The number of nitrogens with zero attached hydrogens (tertiary/aromatic N) is 3. The van der Waals surface area contributed by atoms with Crippen molar-refractivity contribution in [1.82, 2.24) is 15.1 Å². The molecule has 0 radical (unpaired) electrons. The van der Waals surface area contributed by atoms with Crippen LogP contribution < -0.4 is 5.73 Å². The van der Waals surface area contributed by atoms with Gasteiger partial charge in [0.1, 0.15) is 0 Å². The first kappa shape index (κ1) is 10.7. The van der Waals surface area contributed by atoms with E-state index < -0.39 is 0 Å². The van der Waals surface area contributed by atoms with Crippen molar-refractivity contribution in [2.75, 3.05) is 6.61 Å². The normalized spacial score (nSPS) is 10.6. The Kier molecular flexibility index (Phi) is 3.23. The lowest BCUT2D eigenvalue weighted by Gasteiger charge is -1.97. The van der Waals surface area contributed by atoms with Gasteiger partial charge in [0.2, 0.25) is 0 Å². The summed E-state index contributed by atoms with van der Waals surface area (Å²) in [7, 11) is 0. The molecule has 6 nitrogen and oxygen atoms in total. The van der Waals surface area contributed by atoms with E-state index in [-0.39, 0.29) is 6.61 Å². The van der Waals surface area contributed by atoms with Gasteiger partial charge in [-0.1, -0.05) is 5.16 Å². The summed E-state index contributed by atoms with van der Waals surface area (Å²) in [5, 5.41) is 12.5. The number of aliphatic hydroxyl groups is 1. The minimum absolute atomic E-state index is 0.00334. The number of rotatable bonds is 4. The molecule has 0 bridgehead atoms. The van der Waals surface area contributed by atoms with Crippen molar-refractivity contribution in [2.24, 2.45) is 5.73 Å². The second kappa shape index (κ2) is 4.82. The minimum atomic E-state index is 0.00334. The van der Waals surface area contributed by atoms with Crippen LogP contribution in [0.2, 0.25) is 0 Å². The highest BCUT2D eigenvalue weighted by atomic mass is 16.5. The third-order valence-corrected chi connectivity index (χ3v) is 2.08. The smallest absolute Gasteiger partial charge is 0.258 e. The van der Waals surface area contributed by atoms with Crippen LogP contribution in [0.15, 0.2) is 22.9 Å². The fourth-order valence-electron chi connectivity index (χ4n) is 1.30. The zero-order chi connectivity index (χ0) is 11.4. The van der Waals surface area contributed by atoms with E-state index in [1.165, 1.54) is 0 Å². The molecule has 2 aromatic rings. The molecule has 2 rings (SSSR count). The molecule has 0 aliphatic carbocycles. The minimum Gasteiger partial charge on any atom is -0.396 e. The lowest BCUT2D eigenvalue weighted by molar-refractivity contribution is 0.293. The van der Waals surface area contributed by atoms with E-state index in [0.717, 1.165) is 11.3 Å². The van der Waals surface area contributed by atoms with Crippen LogP contribution in [0, 0.1) is 0 Å². The quantitative estimate of drug-likeness (QED) is 0.759. The third-order valence-electron chi connectivity index (χ3n) is 2.08. The fraction of sp³-hybridized carbons (Fsp3) is 0.300. The number of aromatic nitrogens is 3. The molecule has 0 fully saturated rings. The van der Waals surface area contributed by atoms with Crippen LogP contribution >= 0.6 is 0 Å². The van der Waals surface area contributed by atoms with Gasteiger partial charge in [-0.25, -0.2) is 0 Å². The Morgan fingerprint density at radius 1 is 1.44 bits per heavy atom. The van der Waals surface area contributed by atoms with Crippen molar-refractivity contribution >= 4 is 0 Å². The van der Waals surface area contributed by atoms with Gasteiger partial charge in [-0.3, -0.25) is 4.98 Å². The third kappa shape index (κ3) is 2.23. The number of aliphatic hydroxyl groups excluding tert-OH is 1. The van der Waals surface area contributed by atoms with Crippen LogP contribution in [0.5, 0.6) is 0 Å². The van der Waals surface area contributed by atoms with Crippen molar-refractivity contribution in [3.63, 3.8) is 0 Å². The van der Waals surface area contributed by atoms with Crippen molar-refractivity contribution < 1.29 is 9.63 Å². The molecule has 84 valence electrons. The van der Waals surface area contributed by atoms with Gasteiger partial charge >= 0.3 is 0 Å².